The molecule has 0 aliphatic heterocycles. The van der Waals surface area contributed by atoms with Crippen molar-refractivity contribution >= 4 is 17.7 Å². The van der Waals surface area contributed by atoms with Crippen molar-refractivity contribution in [2.45, 2.75) is 29.7 Å². The number of aryl methyl sites for hydroxylation is 1. The Balaban J connectivity index is 1.57. The van der Waals surface area contributed by atoms with E-state index in [0.29, 0.717) is 6.61 Å². The summed E-state index contributed by atoms with van der Waals surface area (Å²) in [5.41, 5.74) is 5.77. The quantitative estimate of drug-likeness (QED) is 0.605. The summed E-state index contributed by atoms with van der Waals surface area (Å²) in [6, 6.07) is 26.1. The van der Waals surface area contributed by atoms with Crippen LogP contribution in [0.1, 0.15) is 16.7 Å². The number of hydrogen-bond donors (Lipinski definition) is 1. The van der Waals surface area contributed by atoms with E-state index in [0.717, 1.165) is 20.9 Å². The van der Waals surface area contributed by atoms with Crippen LogP contribution in [0.25, 0.3) is 0 Å². The summed E-state index contributed by atoms with van der Waals surface area (Å²) in [6.45, 7) is 2.43. The van der Waals surface area contributed by atoms with Gasteiger partial charge in [-0.15, -0.1) is 0 Å². The van der Waals surface area contributed by atoms with Crippen molar-refractivity contribution < 1.29 is 9.63 Å². The van der Waals surface area contributed by atoms with Crippen molar-refractivity contribution in [3.8, 4) is 0 Å². The topological polar surface area (TPSA) is 38.3 Å². The van der Waals surface area contributed by atoms with E-state index in [4.69, 9.17) is 4.84 Å². The molecule has 0 aromatic heterocycles. The van der Waals surface area contributed by atoms with Crippen molar-refractivity contribution in [1.82, 2.24) is 5.48 Å². The molecule has 0 spiro atoms. The maximum absolute atomic E-state index is 12.2. The summed E-state index contributed by atoms with van der Waals surface area (Å²) in [4.78, 5) is 19.8. The fourth-order valence-corrected chi connectivity index (χ4v) is 3.41. The van der Waals surface area contributed by atoms with Gasteiger partial charge in [-0.3, -0.25) is 9.63 Å². The first-order valence-corrected chi connectivity index (χ1v) is 9.29. The molecule has 0 saturated heterocycles. The standard InChI is InChI=1S/C22H21NO2S/c1-17-11-13-20(14-12-17)26-21-10-6-5-9-19(21)15-22(24)23-25-16-18-7-3-2-4-8-18/h2-14H,15-16H2,1H3,(H,23,24). The summed E-state index contributed by atoms with van der Waals surface area (Å²) in [5, 5.41) is 0. The van der Waals surface area contributed by atoms with Gasteiger partial charge in [0.1, 0.15) is 0 Å². The highest BCUT2D eigenvalue weighted by molar-refractivity contribution is 7.99. The van der Waals surface area contributed by atoms with Crippen LogP contribution in [0.4, 0.5) is 0 Å². The Kier molecular flexibility index (Phi) is 6.47. The highest BCUT2D eigenvalue weighted by Crippen LogP contribution is 2.30. The van der Waals surface area contributed by atoms with E-state index < -0.39 is 0 Å². The summed E-state index contributed by atoms with van der Waals surface area (Å²) < 4.78 is 0. The predicted molar refractivity (Wildman–Crippen MR) is 105 cm³/mol. The first-order chi connectivity index (χ1) is 12.7. The van der Waals surface area contributed by atoms with Crippen molar-refractivity contribution in [1.29, 1.82) is 0 Å². The van der Waals surface area contributed by atoms with Crippen LogP contribution >= 0.6 is 11.8 Å². The number of carbonyl (C=O) groups excluding carboxylic acids is 1. The number of amides is 1. The van der Waals surface area contributed by atoms with Crippen molar-refractivity contribution in [3.63, 3.8) is 0 Å². The van der Waals surface area contributed by atoms with E-state index in [1.165, 1.54) is 5.56 Å². The zero-order chi connectivity index (χ0) is 18.2. The molecule has 1 amide bonds. The molecule has 3 rings (SSSR count). The molecule has 26 heavy (non-hydrogen) atoms. The SMILES string of the molecule is Cc1ccc(Sc2ccccc2CC(=O)NOCc2ccccc2)cc1. The summed E-state index contributed by atoms with van der Waals surface area (Å²) in [6.07, 6.45) is 0.282. The molecule has 0 atom stereocenters. The van der Waals surface area contributed by atoms with Crippen LogP contribution in [0.15, 0.2) is 88.7 Å². The molecule has 0 bridgehead atoms. The van der Waals surface area contributed by atoms with Gasteiger partial charge in [0.05, 0.1) is 13.0 Å². The van der Waals surface area contributed by atoms with E-state index in [1.54, 1.807) is 11.8 Å². The Hall–Kier alpha value is -2.56. The largest absolute Gasteiger partial charge is 0.272 e. The Morgan fingerprint density at radius 2 is 1.62 bits per heavy atom. The fraction of sp³-hybridized carbons (Fsp3) is 0.136. The lowest BCUT2D eigenvalue weighted by molar-refractivity contribution is -0.133. The number of benzene rings is 3. The van der Waals surface area contributed by atoms with Gasteiger partial charge in [-0.25, -0.2) is 5.48 Å². The maximum atomic E-state index is 12.2. The smallest absolute Gasteiger partial charge is 0.248 e. The van der Waals surface area contributed by atoms with Crippen molar-refractivity contribution in [3.05, 3.63) is 95.6 Å². The molecule has 0 fully saturated rings. The first-order valence-electron chi connectivity index (χ1n) is 8.48. The Bertz CT molecular complexity index is 848. The molecular formula is C22H21NO2S. The molecule has 3 nitrogen and oxygen atoms in total. The van der Waals surface area contributed by atoms with Gasteiger partial charge in [0, 0.05) is 9.79 Å². The van der Waals surface area contributed by atoms with Gasteiger partial charge in [0.15, 0.2) is 0 Å². The number of hydrogen-bond acceptors (Lipinski definition) is 3. The highest BCUT2D eigenvalue weighted by atomic mass is 32.2. The zero-order valence-electron chi connectivity index (χ0n) is 14.6. The molecule has 3 aromatic rings. The van der Waals surface area contributed by atoms with Crippen molar-refractivity contribution in [2.75, 3.05) is 0 Å². The van der Waals surface area contributed by atoms with Crippen LogP contribution in [0.3, 0.4) is 0 Å². The maximum Gasteiger partial charge on any atom is 0.248 e. The summed E-state index contributed by atoms with van der Waals surface area (Å²) >= 11 is 1.66. The molecule has 0 radical (unpaired) electrons. The minimum atomic E-state index is -0.155. The Morgan fingerprint density at radius 1 is 0.923 bits per heavy atom. The van der Waals surface area contributed by atoms with E-state index in [1.807, 2.05) is 54.6 Å². The van der Waals surface area contributed by atoms with Gasteiger partial charge in [-0.1, -0.05) is 78.0 Å². The van der Waals surface area contributed by atoms with E-state index in [2.05, 4.69) is 36.7 Å². The molecule has 0 heterocycles. The van der Waals surface area contributed by atoms with E-state index in [-0.39, 0.29) is 12.3 Å². The fourth-order valence-electron chi connectivity index (χ4n) is 2.47. The van der Waals surface area contributed by atoms with Crippen LogP contribution in [0.5, 0.6) is 0 Å². The van der Waals surface area contributed by atoms with Gasteiger partial charge in [0.25, 0.3) is 0 Å². The minimum absolute atomic E-state index is 0.155. The van der Waals surface area contributed by atoms with Crippen LogP contribution in [-0.2, 0) is 22.7 Å². The summed E-state index contributed by atoms with van der Waals surface area (Å²) in [5.74, 6) is -0.155. The molecule has 0 unspecified atom stereocenters. The first kappa shape index (κ1) is 18.2. The zero-order valence-corrected chi connectivity index (χ0v) is 15.5. The van der Waals surface area contributed by atoms with E-state index in [9.17, 15) is 4.79 Å². The normalized spacial score (nSPS) is 10.5. The van der Waals surface area contributed by atoms with Gasteiger partial charge in [-0.05, 0) is 36.2 Å². The molecule has 4 heteroatoms. The third kappa shape index (κ3) is 5.48. The van der Waals surface area contributed by atoms with Gasteiger partial charge in [0.2, 0.25) is 5.91 Å². The van der Waals surface area contributed by atoms with Gasteiger partial charge >= 0.3 is 0 Å². The average Bonchev–Trinajstić information content (AvgIpc) is 2.66. The van der Waals surface area contributed by atoms with Crippen LogP contribution in [-0.4, -0.2) is 5.91 Å². The van der Waals surface area contributed by atoms with Gasteiger partial charge in [-0.2, -0.15) is 0 Å². The highest BCUT2D eigenvalue weighted by Gasteiger charge is 2.09. The van der Waals surface area contributed by atoms with Crippen molar-refractivity contribution in [2.24, 2.45) is 0 Å². The molecule has 1 N–H and O–H groups in total. The second kappa shape index (κ2) is 9.22. The van der Waals surface area contributed by atoms with Crippen LogP contribution in [0, 0.1) is 6.92 Å². The molecule has 0 aliphatic rings. The van der Waals surface area contributed by atoms with Gasteiger partial charge < -0.3 is 0 Å². The molecule has 0 saturated carbocycles. The van der Waals surface area contributed by atoms with Crippen LogP contribution < -0.4 is 5.48 Å². The number of carbonyl (C=O) groups is 1. The second-order valence-electron chi connectivity index (χ2n) is 6.00. The number of nitrogens with one attached hydrogen (secondary N) is 1. The molecular weight excluding hydrogens is 342 g/mol. The third-order valence-electron chi connectivity index (χ3n) is 3.84. The minimum Gasteiger partial charge on any atom is -0.272 e. The third-order valence-corrected chi connectivity index (χ3v) is 4.97. The predicted octanol–water partition coefficient (Wildman–Crippen LogP) is 4.94. The Labute approximate surface area is 158 Å². The van der Waals surface area contributed by atoms with E-state index >= 15 is 0 Å². The lowest BCUT2D eigenvalue weighted by atomic mass is 10.1. The summed E-state index contributed by atoms with van der Waals surface area (Å²) in [7, 11) is 0. The number of hydroxylamine groups is 1. The van der Waals surface area contributed by atoms with Crippen LogP contribution in [0.2, 0.25) is 0 Å². The molecule has 132 valence electrons. The second-order valence-corrected chi connectivity index (χ2v) is 7.11. The monoisotopic (exact) mass is 363 g/mol. The Morgan fingerprint density at radius 3 is 2.38 bits per heavy atom. The lowest BCUT2D eigenvalue weighted by Gasteiger charge is -2.10. The molecule has 0 aliphatic carbocycles. The average molecular weight is 363 g/mol. The molecule has 3 aromatic carbocycles. The lowest BCUT2D eigenvalue weighted by Crippen LogP contribution is -2.25. The number of rotatable bonds is 7.